The van der Waals surface area contributed by atoms with Crippen molar-refractivity contribution in [1.82, 2.24) is 10.3 Å². The number of aryl methyl sites for hydroxylation is 1. The lowest BCUT2D eigenvalue weighted by molar-refractivity contribution is -0.119. The summed E-state index contributed by atoms with van der Waals surface area (Å²) in [5, 5.41) is 2.16. The summed E-state index contributed by atoms with van der Waals surface area (Å²) in [6, 6.07) is 0. The van der Waals surface area contributed by atoms with Crippen molar-refractivity contribution in [3.05, 3.63) is 17.8 Å². The summed E-state index contributed by atoms with van der Waals surface area (Å²) in [6.45, 7) is 3.30. The Morgan fingerprint density at radius 1 is 1.62 bits per heavy atom. The van der Waals surface area contributed by atoms with Gasteiger partial charge in [0.25, 0.3) is 5.91 Å². The first-order chi connectivity index (χ1) is 6.15. The maximum Gasteiger partial charge on any atom is 0.295 e. The van der Waals surface area contributed by atoms with E-state index >= 15 is 0 Å². The average Bonchev–Trinajstić information content (AvgIpc) is 2.51. The number of nitrogens with zero attached hydrogens (tertiary/aromatic N) is 1. The number of rotatable bonds is 2. The fraction of sp³-hybridized carbons (Fsp3) is 0.375. The first-order valence-corrected chi connectivity index (χ1v) is 3.89. The lowest BCUT2D eigenvalue weighted by Crippen LogP contribution is -2.29. The van der Waals surface area contributed by atoms with Crippen LogP contribution in [-0.2, 0) is 4.79 Å². The monoisotopic (exact) mass is 182 g/mol. The molecule has 0 atom stereocenters. The molecule has 0 aliphatic rings. The number of aromatic nitrogens is 1. The Morgan fingerprint density at radius 2 is 2.31 bits per heavy atom. The molecule has 1 N–H and O–H groups in total. The summed E-state index contributed by atoms with van der Waals surface area (Å²) < 4.78 is 4.80. The topological polar surface area (TPSA) is 72.2 Å². The Bertz CT molecular complexity index is 330. The molecular formula is C8H10N2O3. The summed E-state index contributed by atoms with van der Waals surface area (Å²) in [6.07, 6.45) is 1.43. The summed E-state index contributed by atoms with van der Waals surface area (Å²) in [7, 11) is 0. The number of amides is 2. The van der Waals surface area contributed by atoms with Crippen LogP contribution in [0.15, 0.2) is 10.8 Å². The van der Waals surface area contributed by atoms with Crippen LogP contribution in [0.4, 0.5) is 0 Å². The number of oxazole rings is 1. The third kappa shape index (κ3) is 2.14. The molecule has 5 nitrogen and oxygen atoms in total. The van der Waals surface area contributed by atoms with Crippen LogP contribution in [-0.4, -0.2) is 16.8 Å². The van der Waals surface area contributed by atoms with Crippen molar-refractivity contribution < 1.29 is 14.0 Å². The van der Waals surface area contributed by atoms with Gasteiger partial charge in [-0.2, -0.15) is 0 Å². The quantitative estimate of drug-likeness (QED) is 0.728. The molecule has 0 radical (unpaired) electrons. The van der Waals surface area contributed by atoms with Gasteiger partial charge in [-0.05, 0) is 6.92 Å². The van der Waals surface area contributed by atoms with E-state index in [9.17, 15) is 9.59 Å². The van der Waals surface area contributed by atoms with Gasteiger partial charge in [-0.3, -0.25) is 14.9 Å². The van der Waals surface area contributed by atoms with Crippen LogP contribution in [0.25, 0.3) is 0 Å². The van der Waals surface area contributed by atoms with Crippen LogP contribution in [0.3, 0.4) is 0 Å². The minimum atomic E-state index is -0.540. The molecule has 0 unspecified atom stereocenters. The van der Waals surface area contributed by atoms with Crippen LogP contribution in [0.5, 0.6) is 0 Å². The van der Waals surface area contributed by atoms with Crippen molar-refractivity contribution in [2.75, 3.05) is 0 Å². The predicted molar refractivity (Wildman–Crippen MR) is 44.0 cm³/mol. The Kier molecular flexibility index (Phi) is 2.79. The molecular weight excluding hydrogens is 172 g/mol. The molecule has 2 amide bonds. The Balaban J connectivity index is 2.69. The number of nitrogens with one attached hydrogen (secondary N) is 1. The van der Waals surface area contributed by atoms with E-state index in [1.54, 1.807) is 13.8 Å². The molecule has 0 saturated carbocycles. The number of carbonyl (C=O) groups is 2. The van der Waals surface area contributed by atoms with Gasteiger partial charge in [-0.15, -0.1) is 0 Å². The molecule has 1 heterocycles. The molecule has 13 heavy (non-hydrogen) atoms. The second-order valence-electron chi connectivity index (χ2n) is 2.50. The molecule has 0 aliphatic heterocycles. The highest BCUT2D eigenvalue weighted by Crippen LogP contribution is 2.03. The summed E-state index contributed by atoms with van der Waals surface area (Å²) in [5.41, 5.74) is 0.474. The van der Waals surface area contributed by atoms with Crippen LogP contribution in [0, 0.1) is 6.92 Å². The first-order valence-electron chi connectivity index (χ1n) is 3.89. The van der Waals surface area contributed by atoms with E-state index in [2.05, 4.69) is 10.3 Å². The van der Waals surface area contributed by atoms with Gasteiger partial charge in [0.2, 0.25) is 11.7 Å². The largest absolute Gasteiger partial charge is 0.438 e. The highest BCUT2D eigenvalue weighted by Gasteiger charge is 2.15. The lowest BCUT2D eigenvalue weighted by atomic mass is 10.3. The van der Waals surface area contributed by atoms with Crippen molar-refractivity contribution in [3.63, 3.8) is 0 Å². The zero-order chi connectivity index (χ0) is 9.84. The molecule has 0 aliphatic carbocycles. The van der Waals surface area contributed by atoms with Crippen LogP contribution in [0.1, 0.15) is 29.6 Å². The third-order valence-electron chi connectivity index (χ3n) is 1.53. The molecule has 0 spiro atoms. The predicted octanol–water partition coefficient (Wildman–Crippen LogP) is 0.649. The van der Waals surface area contributed by atoms with Gasteiger partial charge in [-0.1, -0.05) is 6.92 Å². The summed E-state index contributed by atoms with van der Waals surface area (Å²) >= 11 is 0. The Morgan fingerprint density at radius 3 is 2.77 bits per heavy atom. The number of hydrogen-bond donors (Lipinski definition) is 1. The van der Waals surface area contributed by atoms with Gasteiger partial charge in [0, 0.05) is 6.42 Å². The number of hydrogen-bond acceptors (Lipinski definition) is 4. The van der Waals surface area contributed by atoms with Crippen molar-refractivity contribution in [2.45, 2.75) is 20.3 Å². The minimum Gasteiger partial charge on any atom is -0.438 e. The molecule has 1 aromatic rings. The molecule has 0 bridgehead atoms. The summed E-state index contributed by atoms with van der Waals surface area (Å²) in [4.78, 5) is 25.8. The number of carbonyl (C=O) groups excluding carboxylic acids is 2. The van der Waals surface area contributed by atoms with Crippen LogP contribution < -0.4 is 5.32 Å². The zero-order valence-electron chi connectivity index (χ0n) is 7.46. The molecule has 1 rings (SSSR count). The van der Waals surface area contributed by atoms with Gasteiger partial charge in [0.15, 0.2) is 6.39 Å². The van der Waals surface area contributed by atoms with E-state index in [0.717, 1.165) is 0 Å². The van der Waals surface area contributed by atoms with Crippen molar-refractivity contribution >= 4 is 11.8 Å². The summed E-state index contributed by atoms with van der Waals surface area (Å²) in [5.74, 6) is -0.788. The SMILES string of the molecule is CCC(=O)NC(=O)c1ocnc1C. The minimum absolute atomic E-state index is 0.0850. The van der Waals surface area contributed by atoms with E-state index in [1.807, 2.05) is 0 Å². The second kappa shape index (κ2) is 3.84. The molecule has 0 aromatic carbocycles. The van der Waals surface area contributed by atoms with Gasteiger partial charge in [0.05, 0.1) is 5.69 Å². The van der Waals surface area contributed by atoms with Crippen molar-refractivity contribution in [3.8, 4) is 0 Å². The van der Waals surface area contributed by atoms with Gasteiger partial charge in [-0.25, -0.2) is 4.98 Å². The van der Waals surface area contributed by atoms with Gasteiger partial charge in [0.1, 0.15) is 0 Å². The Hall–Kier alpha value is -1.65. The lowest BCUT2D eigenvalue weighted by Gasteiger charge is -1.98. The normalized spacial score (nSPS) is 9.69. The molecule has 1 aromatic heterocycles. The zero-order valence-corrected chi connectivity index (χ0v) is 7.46. The standard InChI is InChI=1S/C8H10N2O3/c1-3-6(11)10-8(12)7-5(2)9-4-13-7/h4H,3H2,1-2H3,(H,10,11,12). The molecule has 70 valence electrons. The second-order valence-corrected chi connectivity index (χ2v) is 2.50. The fourth-order valence-electron chi connectivity index (χ4n) is 0.792. The fourth-order valence-corrected chi connectivity index (χ4v) is 0.792. The van der Waals surface area contributed by atoms with Crippen LogP contribution >= 0.6 is 0 Å². The van der Waals surface area contributed by atoms with Crippen molar-refractivity contribution in [1.29, 1.82) is 0 Å². The average molecular weight is 182 g/mol. The van der Waals surface area contributed by atoms with Crippen molar-refractivity contribution in [2.24, 2.45) is 0 Å². The van der Waals surface area contributed by atoms with E-state index in [1.165, 1.54) is 6.39 Å². The smallest absolute Gasteiger partial charge is 0.295 e. The maximum atomic E-state index is 11.2. The highest BCUT2D eigenvalue weighted by atomic mass is 16.3. The number of imide groups is 1. The maximum absolute atomic E-state index is 11.2. The van der Waals surface area contributed by atoms with E-state index < -0.39 is 5.91 Å². The molecule has 5 heteroatoms. The first kappa shape index (κ1) is 9.44. The van der Waals surface area contributed by atoms with Crippen LogP contribution in [0.2, 0.25) is 0 Å². The van der Waals surface area contributed by atoms with E-state index in [4.69, 9.17) is 4.42 Å². The third-order valence-corrected chi connectivity index (χ3v) is 1.53. The van der Waals surface area contributed by atoms with E-state index in [0.29, 0.717) is 5.69 Å². The molecule has 0 saturated heterocycles. The van der Waals surface area contributed by atoms with E-state index in [-0.39, 0.29) is 18.1 Å². The van der Waals surface area contributed by atoms with Gasteiger partial charge >= 0.3 is 0 Å². The Labute approximate surface area is 75.1 Å². The van der Waals surface area contributed by atoms with Gasteiger partial charge < -0.3 is 4.42 Å². The highest BCUT2D eigenvalue weighted by molar-refractivity contribution is 6.03. The molecule has 0 fully saturated rings.